The number of anilines is 3. The van der Waals surface area contributed by atoms with E-state index >= 15 is 0 Å². The van der Waals surface area contributed by atoms with Crippen molar-refractivity contribution in [1.29, 1.82) is 0 Å². The van der Waals surface area contributed by atoms with Crippen LogP contribution in [0.5, 0.6) is 0 Å². The highest BCUT2D eigenvalue weighted by Crippen LogP contribution is 2.37. The minimum atomic E-state index is -1.50. The topological polar surface area (TPSA) is 162 Å². The van der Waals surface area contributed by atoms with E-state index in [1.807, 2.05) is 0 Å². The molecule has 23 heavy (non-hydrogen) atoms. The number of carbonyl (C=O) groups is 1. The molecule has 4 N–H and O–H groups in total. The molecule has 2 aromatic carbocycles. The molecule has 0 bridgehead atoms. The molecule has 10 heteroatoms. The van der Waals surface area contributed by atoms with Crippen LogP contribution in [0.4, 0.5) is 28.4 Å². The highest BCUT2D eigenvalue weighted by Gasteiger charge is 2.28. The second-order valence-corrected chi connectivity index (χ2v) is 4.46. The molecule has 10 nitrogen and oxygen atoms in total. The molecule has 0 aliphatic heterocycles. The van der Waals surface area contributed by atoms with Crippen molar-refractivity contribution < 1.29 is 19.7 Å². The Bertz CT molecular complexity index is 768. The molecule has 0 aromatic heterocycles. The van der Waals surface area contributed by atoms with Crippen LogP contribution in [0.25, 0.3) is 0 Å². The monoisotopic (exact) mass is 318 g/mol. The summed E-state index contributed by atoms with van der Waals surface area (Å²) in [6.45, 7) is 0. The van der Waals surface area contributed by atoms with Gasteiger partial charge in [0.15, 0.2) is 5.69 Å². The molecule has 118 valence electrons. The lowest BCUT2D eigenvalue weighted by molar-refractivity contribution is -0.392. The summed E-state index contributed by atoms with van der Waals surface area (Å²) < 4.78 is 0. The first-order chi connectivity index (χ1) is 10.8. The van der Waals surface area contributed by atoms with E-state index in [1.165, 1.54) is 24.3 Å². The van der Waals surface area contributed by atoms with Gasteiger partial charge in [-0.05, 0) is 24.3 Å². The second kappa shape index (κ2) is 5.97. The van der Waals surface area contributed by atoms with Crippen LogP contribution in [0.2, 0.25) is 0 Å². The minimum absolute atomic E-state index is 0.327. The van der Waals surface area contributed by atoms with Crippen LogP contribution in [-0.4, -0.2) is 20.9 Å². The molecule has 0 heterocycles. The van der Waals surface area contributed by atoms with E-state index in [0.29, 0.717) is 11.4 Å². The van der Waals surface area contributed by atoms with Crippen LogP contribution in [-0.2, 0) is 0 Å². The van der Waals surface area contributed by atoms with Crippen LogP contribution in [0.15, 0.2) is 36.4 Å². The van der Waals surface area contributed by atoms with Crippen molar-refractivity contribution in [2.24, 2.45) is 0 Å². The van der Waals surface area contributed by atoms with Crippen molar-refractivity contribution in [3.05, 3.63) is 62.2 Å². The number of nitro groups is 2. The van der Waals surface area contributed by atoms with E-state index in [0.717, 1.165) is 12.1 Å². The summed E-state index contributed by atoms with van der Waals surface area (Å²) >= 11 is 0. The number of nitrogen functional groups attached to an aromatic ring is 1. The molecule has 0 amide bonds. The number of hydrogen-bond acceptors (Lipinski definition) is 7. The number of nitrogens with two attached hydrogens (primary N) is 1. The molecule has 0 atom stereocenters. The van der Waals surface area contributed by atoms with Crippen molar-refractivity contribution in [1.82, 2.24) is 0 Å². The zero-order chi connectivity index (χ0) is 17.1. The number of carboxylic acids is 1. The maximum atomic E-state index is 11.1. The van der Waals surface area contributed by atoms with Gasteiger partial charge in [0.05, 0.1) is 15.4 Å². The van der Waals surface area contributed by atoms with Crippen molar-refractivity contribution >= 4 is 34.4 Å². The van der Waals surface area contributed by atoms with Gasteiger partial charge in [0.2, 0.25) is 0 Å². The molecule has 0 aliphatic carbocycles. The molecule has 0 unspecified atom stereocenters. The smallest absolute Gasteiger partial charge is 0.336 e. The van der Waals surface area contributed by atoms with Gasteiger partial charge in [-0.25, -0.2) is 4.79 Å². The maximum absolute atomic E-state index is 11.1. The normalized spacial score (nSPS) is 10.1. The number of hydrogen-bond donors (Lipinski definition) is 3. The Kier molecular flexibility index (Phi) is 4.07. The van der Waals surface area contributed by atoms with E-state index in [9.17, 15) is 25.0 Å². The van der Waals surface area contributed by atoms with Gasteiger partial charge in [0, 0.05) is 23.5 Å². The highest BCUT2D eigenvalue weighted by molar-refractivity contribution is 5.93. The summed E-state index contributed by atoms with van der Waals surface area (Å²) in [5, 5.41) is 33.8. The molecule has 2 aromatic rings. The van der Waals surface area contributed by atoms with E-state index in [2.05, 4.69) is 5.32 Å². The van der Waals surface area contributed by atoms with Crippen LogP contribution in [0.3, 0.4) is 0 Å². The molecule has 0 saturated carbocycles. The standard InChI is InChI=1S/C13H10N4O6/c14-8-1-3-9(4-2-8)15-12-10(16(20)21)5-7(13(18)19)6-11(12)17(22)23/h1-6,15H,14H2,(H,18,19). The maximum Gasteiger partial charge on any atom is 0.336 e. The Labute approximate surface area is 128 Å². The fourth-order valence-corrected chi connectivity index (χ4v) is 1.86. The molecule has 0 radical (unpaired) electrons. The summed E-state index contributed by atoms with van der Waals surface area (Å²) in [6.07, 6.45) is 0. The molecule has 0 saturated heterocycles. The van der Waals surface area contributed by atoms with Gasteiger partial charge in [0.1, 0.15) is 0 Å². The summed E-state index contributed by atoms with van der Waals surface area (Å²) in [4.78, 5) is 31.5. The van der Waals surface area contributed by atoms with E-state index < -0.39 is 38.4 Å². The Balaban J connectivity index is 2.63. The number of nitrogens with one attached hydrogen (secondary N) is 1. The van der Waals surface area contributed by atoms with E-state index in [4.69, 9.17) is 10.8 Å². The Hall–Kier alpha value is -3.69. The van der Waals surface area contributed by atoms with E-state index in [1.54, 1.807) is 0 Å². The van der Waals surface area contributed by atoms with Crippen LogP contribution in [0.1, 0.15) is 10.4 Å². The van der Waals surface area contributed by atoms with Crippen LogP contribution < -0.4 is 11.1 Å². The quantitative estimate of drug-likeness (QED) is 0.430. The van der Waals surface area contributed by atoms with Crippen molar-refractivity contribution in [3.8, 4) is 0 Å². The third-order valence-corrected chi connectivity index (χ3v) is 2.92. The summed E-state index contributed by atoms with van der Waals surface area (Å²) in [5.74, 6) is -1.50. The summed E-state index contributed by atoms with van der Waals surface area (Å²) in [6, 6.07) is 7.49. The van der Waals surface area contributed by atoms with Crippen molar-refractivity contribution in [3.63, 3.8) is 0 Å². The average Bonchev–Trinajstić information content (AvgIpc) is 2.48. The largest absolute Gasteiger partial charge is 0.478 e. The summed E-state index contributed by atoms with van der Waals surface area (Å²) in [7, 11) is 0. The van der Waals surface area contributed by atoms with E-state index in [-0.39, 0.29) is 0 Å². The fraction of sp³-hybridized carbons (Fsp3) is 0. The number of carboxylic acid groups (broad SMARTS) is 1. The lowest BCUT2D eigenvalue weighted by atomic mass is 10.1. The van der Waals surface area contributed by atoms with Gasteiger partial charge in [-0.1, -0.05) is 0 Å². The first-order valence-corrected chi connectivity index (χ1v) is 6.12. The predicted molar refractivity (Wildman–Crippen MR) is 80.8 cm³/mol. The Morgan fingerprint density at radius 3 is 1.91 bits per heavy atom. The lowest BCUT2D eigenvalue weighted by Gasteiger charge is -2.09. The number of aromatic carboxylic acids is 1. The van der Waals surface area contributed by atoms with Gasteiger partial charge in [-0.3, -0.25) is 20.2 Å². The SMILES string of the molecule is Nc1ccc(Nc2c([N+](=O)[O-])cc(C(=O)O)cc2[N+](=O)[O-])cc1. The number of nitrogens with zero attached hydrogens (tertiary/aromatic N) is 2. The zero-order valence-corrected chi connectivity index (χ0v) is 11.4. The molecule has 0 aliphatic rings. The predicted octanol–water partition coefficient (Wildman–Crippen LogP) is 2.53. The first-order valence-electron chi connectivity index (χ1n) is 6.12. The van der Waals surface area contributed by atoms with Crippen LogP contribution in [0, 0.1) is 20.2 Å². The number of rotatable bonds is 5. The van der Waals surface area contributed by atoms with Crippen molar-refractivity contribution in [2.45, 2.75) is 0 Å². The number of nitro benzene ring substituents is 2. The van der Waals surface area contributed by atoms with Crippen LogP contribution >= 0.6 is 0 Å². The molecule has 2 rings (SSSR count). The summed E-state index contributed by atoms with van der Waals surface area (Å²) in [5.41, 5.74) is 3.91. The highest BCUT2D eigenvalue weighted by atomic mass is 16.6. The first kappa shape index (κ1) is 15.7. The van der Waals surface area contributed by atoms with Crippen molar-refractivity contribution in [2.75, 3.05) is 11.1 Å². The van der Waals surface area contributed by atoms with Gasteiger partial charge in [0.25, 0.3) is 0 Å². The molecular weight excluding hydrogens is 308 g/mol. The Morgan fingerprint density at radius 1 is 1.04 bits per heavy atom. The third-order valence-electron chi connectivity index (χ3n) is 2.92. The average molecular weight is 318 g/mol. The van der Waals surface area contributed by atoms with Gasteiger partial charge >= 0.3 is 17.3 Å². The Morgan fingerprint density at radius 2 is 1.52 bits per heavy atom. The lowest BCUT2D eigenvalue weighted by Crippen LogP contribution is -2.06. The van der Waals surface area contributed by atoms with Gasteiger partial charge < -0.3 is 16.2 Å². The van der Waals surface area contributed by atoms with Gasteiger partial charge in [-0.15, -0.1) is 0 Å². The zero-order valence-electron chi connectivity index (χ0n) is 11.4. The number of benzene rings is 2. The third kappa shape index (κ3) is 3.32. The molecule has 0 fully saturated rings. The molecule has 0 spiro atoms. The van der Waals surface area contributed by atoms with Gasteiger partial charge in [-0.2, -0.15) is 0 Å². The fourth-order valence-electron chi connectivity index (χ4n) is 1.86. The second-order valence-electron chi connectivity index (χ2n) is 4.46. The molecular formula is C13H10N4O6. The minimum Gasteiger partial charge on any atom is -0.478 e.